The lowest BCUT2D eigenvalue weighted by Gasteiger charge is -2.01. The summed E-state index contributed by atoms with van der Waals surface area (Å²) in [5, 5.41) is 0. The van der Waals surface area contributed by atoms with E-state index in [9.17, 15) is 0 Å². The zero-order chi connectivity index (χ0) is 7.56. The average molecular weight is 135 g/mol. The number of nitrogens with zero attached hydrogens (tertiary/aromatic N) is 1. The first-order chi connectivity index (χ1) is 4.74. The molecule has 0 saturated carbocycles. The second-order valence-corrected chi connectivity index (χ2v) is 2.26. The Morgan fingerprint density at radius 2 is 2.20 bits per heavy atom. The molecule has 1 rings (SSSR count). The highest BCUT2D eigenvalue weighted by molar-refractivity contribution is 6.33. The molecule has 0 saturated heterocycles. The van der Waals surface area contributed by atoms with Crippen molar-refractivity contribution < 1.29 is 4.74 Å². The van der Waals surface area contributed by atoms with Crippen LogP contribution in [-0.2, 0) is 0 Å². The number of aromatic nitrogens is 1. The van der Waals surface area contributed by atoms with Crippen molar-refractivity contribution in [2.75, 3.05) is 7.11 Å². The van der Waals surface area contributed by atoms with Crippen LogP contribution in [0.25, 0.3) is 0 Å². The number of aryl methyl sites for hydroxylation is 1. The molecule has 0 atom stereocenters. The van der Waals surface area contributed by atoms with Crippen molar-refractivity contribution >= 4 is 13.3 Å². The third-order valence-electron chi connectivity index (χ3n) is 1.53. The van der Waals surface area contributed by atoms with E-state index in [1.807, 2.05) is 26.9 Å². The van der Waals surface area contributed by atoms with Gasteiger partial charge in [0.05, 0.1) is 7.11 Å². The summed E-state index contributed by atoms with van der Waals surface area (Å²) in [5.41, 5.74) is 2.22. The van der Waals surface area contributed by atoms with E-state index >= 15 is 0 Å². The van der Waals surface area contributed by atoms with Crippen molar-refractivity contribution in [3.05, 3.63) is 17.8 Å². The second-order valence-electron chi connectivity index (χ2n) is 2.26. The lowest BCUT2D eigenvalue weighted by Crippen LogP contribution is -2.08. The van der Waals surface area contributed by atoms with Crippen LogP contribution in [0.2, 0.25) is 0 Å². The fraction of sp³-hybridized carbons (Fsp3) is 0.286. The van der Waals surface area contributed by atoms with E-state index in [1.54, 1.807) is 7.11 Å². The summed E-state index contributed by atoms with van der Waals surface area (Å²) in [7, 11) is 3.65. The summed E-state index contributed by atoms with van der Waals surface area (Å²) in [6.45, 7) is 1.97. The first kappa shape index (κ1) is 7.13. The van der Waals surface area contributed by atoms with Gasteiger partial charge in [0, 0.05) is 5.69 Å². The third-order valence-corrected chi connectivity index (χ3v) is 1.53. The van der Waals surface area contributed by atoms with Gasteiger partial charge in [-0.05, 0) is 13.0 Å². The van der Waals surface area contributed by atoms with E-state index in [4.69, 9.17) is 4.74 Å². The van der Waals surface area contributed by atoms with E-state index < -0.39 is 0 Å². The van der Waals surface area contributed by atoms with Crippen LogP contribution in [-0.4, -0.2) is 19.9 Å². The molecule has 0 unspecified atom stereocenters. The van der Waals surface area contributed by atoms with Crippen LogP contribution < -0.4 is 10.2 Å². The molecule has 2 nitrogen and oxygen atoms in total. The maximum absolute atomic E-state index is 4.94. The van der Waals surface area contributed by atoms with Gasteiger partial charge in [0.25, 0.3) is 0 Å². The molecule has 0 aliphatic heterocycles. The molecule has 10 heavy (non-hydrogen) atoms. The molecule has 0 N–H and O–H groups in total. The van der Waals surface area contributed by atoms with Crippen molar-refractivity contribution in [3.63, 3.8) is 0 Å². The zero-order valence-electron chi connectivity index (χ0n) is 6.51. The predicted molar refractivity (Wildman–Crippen MR) is 43.7 cm³/mol. The Kier molecular flexibility index (Phi) is 1.95. The van der Waals surface area contributed by atoms with Crippen molar-refractivity contribution in [2.45, 2.75) is 6.92 Å². The molecule has 0 aliphatic carbocycles. The molecular weight excluding hydrogens is 125 g/mol. The maximum Gasteiger partial charge on any atom is 0.213 e. The Labute approximate surface area is 61.6 Å². The summed E-state index contributed by atoms with van der Waals surface area (Å²) in [6, 6.07) is 3.86. The monoisotopic (exact) mass is 135 g/mol. The largest absolute Gasteiger partial charge is 0.481 e. The Balaban J connectivity index is 3.04. The first-order valence-electron chi connectivity index (χ1n) is 3.22. The predicted octanol–water partition coefficient (Wildman–Crippen LogP) is -0.343. The van der Waals surface area contributed by atoms with Gasteiger partial charge in [-0.3, -0.25) is 0 Å². The number of ether oxygens (including phenoxy) is 1. The number of methoxy groups -OCH3 is 1. The highest BCUT2D eigenvalue weighted by Gasteiger charge is 1.94. The Morgan fingerprint density at radius 3 is 2.70 bits per heavy atom. The smallest absolute Gasteiger partial charge is 0.213 e. The van der Waals surface area contributed by atoms with E-state index in [-0.39, 0.29) is 0 Å². The summed E-state index contributed by atoms with van der Waals surface area (Å²) in [4.78, 5) is 4.17. The summed E-state index contributed by atoms with van der Waals surface area (Å²) < 4.78 is 4.94. The summed E-state index contributed by atoms with van der Waals surface area (Å²) >= 11 is 0. The zero-order valence-corrected chi connectivity index (χ0v) is 6.51. The molecule has 0 aromatic carbocycles. The van der Waals surface area contributed by atoms with Crippen molar-refractivity contribution in [1.82, 2.24) is 4.98 Å². The van der Waals surface area contributed by atoms with Crippen LogP contribution in [0.1, 0.15) is 5.69 Å². The number of hydrogen-bond donors (Lipinski definition) is 0. The fourth-order valence-electron chi connectivity index (χ4n) is 0.721. The molecular formula is C7H10BNO. The van der Waals surface area contributed by atoms with Crippen LogP contribution in [0.15, 0.2) is 12.1 Å². The standard InChI is InChI=1S/C7H10BNO/c1-5-6(8)3-4-7(9-5)10-2/h3-4H,8H2,1-2H3. The van der Waals surface area contributed by atoms with Gasteiger partial charge in [-0.25, -0.2) is 4.98 Å². The molecule has 0 fully saturated rings. The Bertz CT molecular complexity index is 237. The lowest BCUT2D eigenvalue weighted by molar-refractivity contribution is 0.397. The van der Waals surface area contributed by atoms with Crippen LogP contribution in [0.5, 0.6) is 5.88 Å². The molecule has 52 valence electrons. The van der Waals surface area contributed by atoms with Gasteiger partial charge in [-0.2, -0.15) is 0 Å². The molecule has 0 amide bonds. The molecule has 1 aromatic heterocycles. The van der Waals surface area contributed by atoms with E-state index in [2.05, 4.69) is 4.98 Å². The van der Waals surface area contributed by atoms with E-state index in [1.165, 1.54) is 5.46 Å². The topological polar surface area (TPSA) is 22.1 Å². The molecule has 3 heteroatoms. The molecule has 1 aromatic rings. The van der Waals surface area contributed by atoms with Crippen molar-refractivity contribution in [3.8, 4) is 5.88 Å². The van der Waals surface area contributed by atoms with Gasteiger partial charge in [-0.15, -0.1) is 0 Å². The highest BCUT2D eigenvalue weighted by atomic mass is 16.5. The molecule has 0 bridgehead atoms. The van der Waals surface area contributed by atoms with Crippen LogP contribution >= 0.6 is 0 Å². The van der Waals surface area contributed by atoms with Gasteiger partial charge in [0.1, 0.15) is 7.85 Å². The highest BCUT2D eigenvalue weighted by Crippen LogP contribution is 2.02. The minimum absolute atomic E-state index is 0.683. The fourth-order valence-corrected chi connectivity index (χ4v) is 0.721. The molecule has 0 radical (unpaired) electrons. The quantitative estimate of drug-likeness (QED) is 0.491. The van der Waals surface area contributed by atoms with E-state index in [0.29, 0.717) is 5.88 Å². The second kappa shape index (κ2) is 2.73. The van der Waals surface area contributed by atoms with E-state index in [0.717, 1.165) is 5.69 Å². The summed E-state index contributed by atoms with van der Waals surface area (Å²) in [6.07, 6.45) is 0. The van der Waals surface area contributed by atoms with Crippen LogP contribution in [0.4, 0.5) is 0 Å². The Morgan fingerprint density at radius 1 is 1.50 bits per heavy atom. The molecule has 0 spiro atoms. The number of rotatable bonds is 1. The SMILES string of the molecule is Bc1ccc(OC)nc1C. The van der Waals surface area contributed by atoms with Gasteiger partial charge < -0.3 is 4.74 Å². The normalized spacial score (nSPS) is 9.40. The minimum atomic E-state index is 0.683. The minimum Gasteiger partial charge on any atom is -0.481 e. The number of pyridine rings is 1. The lowest BCUT2D eigenvalue weighted by atomic mass is 9.95. The first-order valence-corrected chi connectivity index (χ1v) is 3.22. The van der Waals surface area contributed by atoms with Crippen molar-refractivity contribution in [1.29, 1.82) is 0 Å². The average Bonchev–Trinajstić information content (AvgIpc) is 1.95. The molecule has 1 heterocycles. The number of hydrogen-bond acceptors (Lipinski definition) is 2. The van der Waals surface area contributed by atoms with Crippen LogP contribution in [0, 0.1) is 6.92 Å². The summed E-state index contributed by atoms with van der Waals surface area (Å²) in [5.74, 6) is 0.683. The molecule has 0 aliphatic rings. The van der Waals surface area contributed by atoms with Gasteiger partial charge >= 0.3 is 0 Å². The van der Waals surface area contributed by atoms with Gasteiger partial charge in [0.2, 0.25) is 5.88 Å². The Hall–Kier alpha value is -0.985. The third kappa shape index (κ3) is 1.29. The maximum atomic E-state index is 4.94. The van der Waals surface area contributed by atoms with Gasteiger partial charge in [-0.1, -0.05) is 11.5 Å². The van der Waals surface area contributed by atoms with Crippen molar-refractivity contribution in [2.24, 2.45) is 0 Å². The van der Waals surface area contributed by atoms with Gasteiger partial charge in [0.15, 0.2) is 0 Å². The van der Waals surface area contributed by atoms with Crippen LogP contribution in [0.3, 0.4) is 0 Å².